The molecule has 0 saturated carbocycles. The molecule has 0 aliphatic rings. The number of amides is 2. The van der Waals surface area contributed by atoms with Crippen molar-refractivity contribution in [2.24, 2.45) is 5.41 Å². The lowest BCUT2D eigenvalue weighted by atomic mass is 9.96. The van der Waals surface area contributed by atoms with Gasteiger partial charge in [-0.3, -0.25) is 9.59 Å². The van der Waals surface area contributed by atoms with Gasteiger partial charge in [-0.05, 0) is 12.0 Å². The molecule has 1 rings (SSSR count). The van der Waals surface area contributed by atoms with E-state index in [0.29, 0.717) is 13.0 Å². The molecule has 0 aromatic heterocycles. The minimum atomic E-state index is -0.601. The van der Waals surface area contributed by atoms with Crippen molar-refractivity contribution in [3.8, 4) is 0 Å². The van der Waals surface area contributed by atoms with Crippen LogP contribution in [0.25, 0.3) is 0 Å². The van der Waals surface area contributed by atoms with Crippen molar-refractivity contribution in [1.29, 1.82) is 0 Å². The Bertz CT molecular complexity index is 466. The van der Waals surface area contributed by atoms with Gasteiger partial charge >= 0.3 is 0 Å². The van der Waals surface area contributed by atoms with Gasteiger partial charge in [-0.1, -0.05) is 51.1 Å². The van der Waals surface area contributed by atoms with Crippen LogP contribution in [-0.2, 0) is 9.59 Å². The minimum Gasteiger partial charge on any atom is -0.388 e. The van der Waals surface area contributed by atoms with Gasteiger partial charge in [0, 0.05) is 12.0 Å². The average Bonchev–Trinajstić information content (AvgIpc) is 2.44. The van der Waals surface area contributed by atoms with Gasteiger partial charge in [-0.2, -0.15) is 0 Å². The molecule has 0 saturated heterocycles. The molecule has 1 aromatic carbocycles. The maximum absolute atomic E-state index is 11.6. The highest BCUT2D eigenvalue weighted by molar-refractivity contribution is 5.87. The fourth-order valence-corrected chi connectivity index (χ4v) is 1.68. The maximum Gasteiger partial charge on any atom is 0.239 e. The summed E-state index contributed by atoms with van der Waals surface area (Å²) in [6.45, 7) is 5.68. The molecule has 1 atom stereocenters. The fourth-order valence-electron chi connectivity index (χ4n) is 1.68. The Kier molecular flexibility index (Phi) is 6.37. The summed E-state index contributed by atoms with van der Waals surface area (Å²) in [4.78, 5) is 23.2. The summed E-state index contributed by atoms with van der Waals surface area (Å²) < 4.78 is 0. The van der Waals surface area contributed by atoms with Gasteiger partial charge in [-0.25, -0.2) is 0 Å². The first-order valence-corrected chi connectivity index (χ1v) is 7.08. The van der Waals surface area contributed by atoms with E-state index in [1.54, 1.807) is 20.8 Å². The molecule has 116 valence electrons. The van der Waals surface area contributed by atoms with Crippen LogP contribution < -0.4 is 10.6 Å². The molecule has 2 amide bonds. The van der Waals surface area contributed by atoms with Gasteiger partial charge in [0.2, 0.25) is 11.8 Å². The predicted molar refractivity (Wildman–Crippen MR) is 81.5 cm³/mol. The van der Waals surface area contributed by atoms with Crippen LogP contribution in [0.3, 0.4) is 0 Å². The molecule has 0 heterocycles. The summed E-state index contributed by atoms with van der Waals surface area (Å²) in [6, 6.07) is 9.29. The Labute approximate surface area is 125 Å². The van der Waals surface area contributed by atoms with E-state index in [1.165, 1.54) is 0 Å². The van der Waals surface area contributed by atoms with Crippen LogP contribution >= 0.6 is 0 Å². The van der Waals surface area contributed by atoms with Crippen molar-refractivity contribution in [3.63, 3.8) is 0 Å². The van der Waals surface area contributed by atoms with Gasteiger partial charge in [0.05, 0.1) is 12.6 Å². The van der Waals surface area contributed by atoms with Crippen LogP contribution in [0.15, 0.2) is 30.3 Å². The number of benzene rings is 1. The van der Waals surface area contributed by atoms with E-state index in [0.717, 1.165) is 5.56 Å². The minimum absolute atomic E-state index is 0.0441. The molecule has 3 N–H and O–H groups in total. The van der Waals surface area contributed by atoms with Crippen LogP contribution in [-0.4, -0.2) is 30.0 Å². The zero-order valence-electron chi connectivity index (χ0n) is 12.8. The second-order valence-electron chi connectivity index (χ2n) is 6.00. The number of hydrogen-bond acceptors (Lipinski definition) is 3. The van der Waals surface area contributed by atoms with Gasteiger partial charge < -0.3 is 15.7 Å². The molecule has 5 heteroatoms. The van der Waals surface area contributed by atoms with Crippen molar-refractivity contribution < 1.29 is 14.7 Å². The van der Waals surface area contributed by atoms with Crippen LogP contribution in [0.5, 0.6) is 0 Å². The number of hydrogen-bond donors (Lipinski definition) is 3. The summed E-state index contributed by atoms with van der Waals surface area (Å²) >= 11 is 0. The highest BCUT2D eigenvalue weighted by Crippen LogP contribution is 2.14. The van der Waals surface area contributed by atoms with E-state index < -0.39 is 11.5 Å². The van der Waals surface area contributed by atoms with Gasteiger partial charge in [0.25, 0.3) is 0 Å². The maximum atomic E-state index is 11.6. The van der Waals surface area contributed by atoms with E-state index in [2.05, 4.69) is 10.6 Å². The number of aliphatic hydroxyl groups excluding tert-OH is 1. The molecule has 0 fully saturated rings. The zero-order chi connectivity index (χ0) is 15.9. The Balaban J connectivity index is 2.24. The first kappa shape index (κ1) is 17.2. The molecule has 1 aromatic rings. The molecule has 0 bridgehead atoms. The van der Waals surface area contributed by atoms with Crippen LogP contribution in [0, 0.1) is 5.41 Å². The molecule has 0 aliphatic carbocycles. The topological polar surface area (TPSA) is 78.4 Å². The van der Waals surface area contributed by atoms with E-state index in [1.807, 2.05) is 30.3 Å². The van der Waals surface area contributed by atoms with Gasteiger partial charge in [0.15, 0.2) is 0 Å². The van der Waals surface area contributed by atoms with E-state index in [-0.39, 0.29) is 18.4 Å². The second kappa shape index (κ2) is 7.78. The number of carbonyl (C=O) groups excluding carboxylic acids is 2. The Hall–Kier alpha value is -1.88. The van der Waals surface area contributed by atoms with Crippen molar-refractivity contribution in [1.82, 2.24) is 10.6 Å². The average molecular weight is 292 g/mol. The van der Waals surface area contributed by atoms with Crippen LogP contribution in [0.4, 0.5) is 0 Å². The van der Waals surface area contributed by atoms with E-state index in [9.17, 15) is 14.7 Å². The highest BCUT2D eigenvalue weighted by atomic mass is 16.3. The first-order chi connectivity index (χ1) is 9.80. The fraction of sp³-hybridized carbons (Fsp3) is 0.500. The Morgan fingerprint density at radius 1 is 1.14 bits per heavy atom. The predicted octanol–water partition coefficient (Wildman–Crippen LogP) is 1.39. The van der Waals surface area contributed by atoms with Gasteiger partial charge in [0.1, 0.15) is 0 Å². The third kappa shape index (κ3) is 6.40. The summed E-state index contributed by atoms with van der Waals surface area (Å²) in [5.41, 5.74) is 0.317. The van der Waals surface area contributed by atoms with Crippen molar-refractivity contribution in [2.75, 3.05) is 13.1 Å². The van der Waals surface area contributed by atoms with Crippen molar-refractivity contribution in [3.05, 3.63) is 35.9 Å². The number of carbonyl (C=O) groups is 2. The summed E-state index contributed by atoms with van der Waals surface area (Å²) in [7, 11) is 0. The van der Waals surface area contributed by atoms with Crippen LogP contribution in [0.1, 0.15) is 38.9 Å². The molecular weight excluding hydrogens is 268 g/mol. The standard InChI is InChI=1S/C16H24N2O3/c1-16(2,3)15(21)18-11-14(20)17-10-9-13(19)12-7-5-4-6-8-12/h4-8,13,19H,9-11H2,1-3H3,(H,17,20)(H,18,21). The molecular formula is C16H24N2O3. The van der Waals surface area contributed by atoms with E-state index >= 15 is 0 Å². The molecule has 5 nitrogen and oxygen atoms in total. The highest BCUT2D eigenvalue weighted by Gasteiger charge is 2.21. The number of rotatable bonds is 6. The molecule has 0 aliphatic heterocycles. The molecule has 0 spiro atoms. The summed E-state index contributed by atoms with van der Waals surface area (Å²) in [5.74, 6) is -0.421. The number of nitrogens with one attached hydrogen (secondary N) is 2. The lowest BCUT2D eigenvalue weighted by Gasteiger charge is -2.17. The smallest absolute Gasteiger partial charge is 0.239 e. The summed E-state index contributed by atoms with van der Waals surface area (Å²) in [5, 5.41) is 15.2. The largest absolute Gasteiger partial charge is 0.388 e. The van der Waals surface area contributed by atoms with Crippen LogP contribution in [0.2, 0.25) is 0 Å². The quantitative estimate of drug-likeness (QED) is 0.741. The van der Waals surface area contributed by atoms with Crippen molar-refractivity contribution >= 4 is 11.8 Å². The normalized spacial score (nSPS) is 12.6. The van der Waals surface area contributed by atoms with Gasteiger partial charge in [-0.15, -0.1) is 0 Å². The van der Waals surface area contributed by atoms with Crippen molar-refractivity contribution in [2.45, 2.75) is 33.3 Å². The molecule has 21 heavy (non-hydrogen) atoms. The Morgan fingerprint density at radius 3 is 2.33 bits per heavy atom. The lowest BCUT2D eigenvalue weighted by Crippen LogP contribution is -2.42. The molecule has 0 radical (unpaired) electrons. The number of aliphatic hydroxyl groups is 1. The molecule has 1 unspecified atom stereocenters. The second-order valence-corrected chi connectivity index (χ2v) is 6.00. The zero-order valence-corrected chi connectivity index (χ0v) is 12.8. The summed E-state index contributed by atoms with van der Waals surface area (Å²) in [6.07, 6.45) is -0.168. The first-order valence-electron chi connectivity index (χ1n) is 7.08. The monoisotopic (exact) mass is 292 g/mol. The van der Waals surface area contributed by atoms with E-state index in [4.69, 9.17) is 0 Å². The third-order valence-corrected chi connectivity index (χ3v) is 3.01. The Morgan fingerprint density at radius 2 is 1.76 bits per heavy atom. The lowest BCUT2D eigenvalue weighted by molar-refractivity contribution is -0.131. The third-order valence-electron chi connectivity index (χ3n) is 3.01. The SMILES string of the molecule is CC(C)(C)C(=O)NCC(=O)NCCC(O)c1ccccc1.